The van der Waals surface area contributed by atoms with Crippen molar-refractivity contribution in [1.29, 1.82) is 0 Å². The van der Waals surface area contributed by atoms with E-state index in [2.05, 4.69) is 4.98 Å². The van der Waals surface area contributed by atoms with Crippen molar-refractivity contribution in [1.82, 2.24) is 4.98 Å². The number of hydrogen-bond acceptors (Lipinski definition) is 5. The zero-order valence-electron chi connectivity index (χ0n) is 20.1. The number of aromatic amines is 1. The fourth-order valence-corrected chi connectivity index (χ4v) is 4.74. The highest BCUT2D eigenvalue weighted by atomic mass is 16.5. The Hall–Kier alpha value is -3.88. The van der Waals surface area contributed by atoms with Crippen molar-refractivity contribution in [2.45, 2.75) is 12.8 Å². The largest absolute Gasteiger partial charge is 0.497 e. The van der Waals surface area contributed by atoms with Crippen molar-refractivity contribution >= 4 is 33.6 Å². The predicted octanol–water partition coefficient (Wildman–Crippen LogP) is 3.57. The number of benzene rings is 3. The highest BCUT2D eigenvalue weighted by Crippen LogP contribution is 2.42. The van der Waals surface area contributed by atoms with Crippen LogP contribution in [0.2, 0.25) is 0 Å². The number of methoxy groups -OCH3 is 3. The van der Waals surface area contributed by atoms with Gasteiger partial charge in [0.15, 0.2) is 0 Å². The van der Waals surface area contributed by atoms with Crippen LogP contribution in [-0.4, -0.2) is 51.3 Å². The minimum atomic E-state index is -0.551. The van der Waals surface area contributed by atoms with Gasteiger partial charge in [0.2, 0.25) is 5.91 Å². The van der Waals surface area contributed by atoms with Gasteiger partial charge in [-0.15, -0.1) is 0 Å². The van der Waals surface area contributed by atoms with Gasteiger partial charge in [-0.2, -0.15) is 0 Å². The molecule has 4 aromatic rings. The van der Waals surface area contributed by atoms with Crippen molar-refractivity contribution in [3.63, 3.8) is 0 Å². The van der Waals surface area contributed by atoms with Crippen molar-refractivity contribution in [2.75, 3.05) is 34.5 Å². The highest BCUT2D eigenvalue weighted by Gasteiger charge is 2.26. The number of nitrogens with two attached hydrogens (primary N) is 2. The van der Waals surface area contributed by atoms with Crippen LogP contribution < -0.4 is 16.2 Å². The lowest BCUT2D eigenvalue weighted by molar-refractivity contribution is 0.0991. The van der Waals surface area contributed by atoms with Crippen molar-refractivity contribution in [3.05, 3.63) is 64.7 Å². The average Bonchev–Trinajstić information content (AvgIpc) is 3.23. The smallest absolute Gasteiger partial charge is 0.251 e. The van der Waals surface area contributed by atoms with E-state index in [1.54, 1.807) is 33.5 Å². The molecule has 0 fully saturated rings. The number of fused-ring (bicyclic) bond motifs is 3. The molecule has 0 radical (unpaired) electrons. The van der Waals surface area contributed by atoms with Gasteiger partial charge in [0, 0.05) is 36.1 Å². The molecule has 35 heavy (non-hydrogen) atoms. The second-order valence-corrected chi connectivity index (χ2v) is 8.29. The van der Waals surface area contributed by atoms with Gasteiger partial charge in [-0.05, 0) is 59.4 Å². The number of aromatic nitrogens is 1. The number of hydrogen-bond donors (Lipinski definition) is 3. The van der Waals surface area contributed by atoms with E-state index >= 15 is 0 Å². The van der Waals surface area contributed by atoms with Crippen molar-refractivity contribution in [3.8, 4) is 16.9 Å². The van der Waals surface area contributed by atoms with Gasteiger partial charge in [0.05, 0.1) is 31.4 Å². The van der Waals surface area contributed by atoms with Crippen molar-refractivity contribution in [2.24, 2.45) is 11.5 Å². The summed E-state index contributed by atoms with van der Waals surface area (Å²) in [6.07, 6.45) is 1.06. The number of carbonyl (C=O) groups excluding carboxylic acids is 2. The number of primary amides is 2. The normalized spacial score (nSPS) is 11.3. The van der Waals surface area contributed by atoms with Gasteiger partial charge in [-0.3, -0.25) is 9.59 Å². The SMILES string of the molecule is COCCc1c(-c2cccc(OC)c2)c(CCOC)c2c([nH]c3cc(C(N)=O)ccc32)c1C(N)=O. The summed E-state index contributed by atoms with van der Waals surface area (Å²) in [6.45, 7) is 0.871. The van der Waals surface area contributed by atoms with Crippen LogP contribution in [0.4, 0.5) is 0 Å². The van der Waals surface area contributed by atoms with Crippen LogP contribution >= 0.6 is 0 Å². The van der Waals surface area contributed by atoms with E-state index in [-0.39, 0.29) is 0 Å². The minimum Gasteiger partial charge on any atom is -0.497 e. The summed E-state index contributed by atoms with van der Waals surface area (Å²) in [7, 11) is 4.89. The van der Waals surface area contributed by atoms with Crippen molar-refractivity contribution < 1.29 is 23.8 Å². The van der Waals surface area contributed by atoms with Gasteiger partial charge in [-0.25, -0.2) is 0 Å². The Morgan fingerprint density at radius 1 is 0.886 bits per heavy atom. The monoisotopic (exact) mass is 475 g/mol. The van der Waals surface area contributed by atoms with Gasteiger partial charge in [0.25, 0.3) is 5.91 Å². The first-order chi connectivity index (χ1) is 16.9. The molecule has 0 saturated heterocycles. The zero-order valence-corrected chi connectivity index (χ0v) is 20.1. The Kier molecular flexibility index (Phi) is 7.04. The maximum absolute atomic E-state index is 12.9. The molecule has 4 rings (SSSR count). The number of amides is 2. The van der Waals surface area contributed by atoms with Crippen LogP contribution in [0.15, 0.2) is 42.5 Å². The van der Waals surface area contributed by atoms with E-state index in [4.69, 9.17) is 25.7 Å². The number of carbonyl (C=O) groups is 2. The molecule has 2 amide bonds. The van der Waals surface area contributed by atoms with Crippen LogP contribution in [0.3, 0.4) is 0 Å². The molecule has 8 nitrogen and oxygen atoms in total. The Bertz CT molecular complexity index is 1420. The molecule has 5 N–H and O–H groups in total. The second-order valence-electron chi connectivity index (χ2n) is 8.29. The summed E-state index contributed by atoms with van der Waals surface area (Å²) in [6, 6.07) is 12.9. The molecule has 1 aromatic heterocycles. The summed E-state index contributed by atoms with van der Waals surface area (Å²) in [4.78, 5) is 28.1. The molecule has 8 heteroatoms. The highest BCUT2D eigenvalue weighted by molar-refractivity contribution is 6.19. The number of nitrogens with one attached hydrogen (secondary N) is 1. The topological polar surface area (TPSA) is 130 Å². The maximum Gasteiger partial charge on any atom is 0.251 e. The fraction of sp³-hybridized carbons (Fsp3) is 0.259. The molecule has 0 bridgehead atoms. The lowest BCUT2D eigenvalue weighted by atomic mass is 9.84. The molecule has 3 aromatic carbocycles. The third kappa shape index (κ3) is 4.45. The van der Waals surface area contributed by atoms with E-state index in [0.717, 1.165) is 33.0 Å². The van der Waals surface area contributed by atoms with E-state index in [0.29, 0.717) is 54.0 Å². The van der Waals surface area contributed by atoms with Gasteiger partial charge in [-0.1, -0.05) is 18.2 Å². The molecule has 1 heterocycles. The van der Waals surface area contributed by atoms with E-state index in [1.807, 2.05) is 30.3 Å². The van der Waals surface area contributed by atoms with Gasteiger partial charge < -0.3 is 30.7 Å². The first kappa shape index (κ1) is 24.3. The molecule has 0 saturated carbocycles. The van der Waals surface area contributed by atoms with E-state index in [9.17, 15) is 9.59 Å². The molecule has 0 atom stereocenters. The lowest BCUT2D eigenvalue weighted by Gasteiger charge is -2.21. The summed E-state index contributed by atoms with van der Waals surface area (Å²) >= 11 is 0. The summed E-state index contributed by atoms with van der Waals surface area (Å²) in [5.41, 5.74) is 17.2. The molecule has 0 aliphatic heterocycles. The number of H-pyrrole nitrogens is 1. The van der Waals surface area contributed by atoms with Crippen LogP contribution in [0.5, 0.6) is 5.75 Å². The summed E-state index contributed by atoms with van der Waals surface area (Å²) in [5, 5.41) is 1.72. The van der Waals surface area contributed by atoms with Gasteiger partial charge >= 0.3 is 0 Å². The lowest BCUT2D eigenvalue weighted by Crippen LogP contribution is -2.18. The molecule has 182 valence electrons. The third-order valence-electron chi connectivity index (χ3n) is 6.26. The second kappa shape index (κ2) is 10.2. The third-order valence-corrected chi connectivity index (χ3v) is 6.26. The minimum absolute atomic E-state index is 0.371. The summed E-state index contributed by atoms with van der Waals surface area (Å²) < 4.78 is 16.3. The molecule has 0 spiro atoms. The molecule has 0 aliphatic rings. The predicted molar refractivity (Wildman–Crippen MR) is 136 cm³/mol. The Morgan fingerprint density at radius 3 is 2.23 bits per heavy atom. The first-order valence-electron chi connectivity index (χ1n) is 11.3. The first-order valence-corrected chi connectivity index (χ1v) is 11.3. The molecular formula is C27H29N3O5. The molecule has 0 aliphatic carbocycles. The number of ether oxygens (including phenoxy) is 3. The Labute approximate surface area is 203 Å². The quantitative estimate of drug-likeness (QED) is 0.323. The van der Waals surface area contributed by atoms with E-state index in [1.165, 1.54) is 0 Å². The van der Waals surface area contributed by atoms with Crippen LogP contribution in [0, 0.1) is 0 Å². The molecule has 0 unspecified atom stereocenters. The Balaban J connectivity index is 2.21. The van der Waals surface area contributed by atoms with Gasteiger partial charge in [0.1, 0.15) is 5.75 Å². The molecular weight excluding hydrogens is 446 g/mol. The van der Waals surface area contributed by atoms with Crippen LogP contribution in [0.1, 0.15) is 31.8 Å². The van der Waals surface area contributed by atoms with Crippen LogP contribution in [0.25, 0.3) is 32.9 Å². The average molecular weight is 476 g/mol. The summed E-state index contributed by atoms with van der Waals surface area (Å²) in [5.74, 6) is -0.382. The van der Waals surface area contributed by atoms with E-state index < -0.39 is 11.8 Å². The fourth-order valence-electron chi connectivity index (χ4n) is 4.74. The van der Waals surface area contributed by atoms with Crippen LogP contribution in [-0.2, 0) is 22.3 Å². The maximum atomic E-state index is 12.9. The number of rotatable bonds is 10. The Morgan fingerprint density at radius 2 is 1.60 bits per heavy atom. The standard InChI is InChI=1S/C27H29N3O5/c1-33-11-9-19-22(15-5-4-6-17(13-15)35-3)20(10-12-34-2)24(27(29)32)25-23(19)18-8-7-16(26(28)31)14-21(18)30-25/h4-8,13-14,30H,9-12H2,1-3H3,(H2,28,31)(H2,29,32). The zero-order chi connectivity index (χ0) is 25.1.